The smallest absolute Gasteiger partial charge is 0.222 e. The fourth-order valence-electron chi connectivity index (χ4n) is 3.24. The highest BCUT2D eigenvalue weighted by Crippen LogP contribution is 2.19. The van der Waals surface area contributed by atoms with Gasteiger partial charge >= 0.3 is 0 Å². The van der Waals surface area contributed by atoms with Crippen molar-refractivity contribution in [3.63, 3.8) is 0 Å². The zero-order chi connectivity index (χ0) is 16.9. The van der Waals surface area contributed by atoms with E-state index in [0.29, 0.717) is 12.3 Å². The summed E-state index contributed by atoms with van der Waals surface area (Å²) in [6.45, 7) is 4.73. The van der Waals surface area contributed by atoms with Crippen LogP contribution < -0.4 is 0 Å². The summed E-state index contributed by atoms with van der Waals surface area (Å²) in [5.41, 5.74) is 1.91. The highest BCUT2D eigenvalue weighted by atomic mass is 19.1. The number of nitrogens with zero attached hydrogens (tertiary/aromatic N) is 3. The monoisotopic (exact) mass is 329 g/mol. The number of hydrogen-bond acceptors (Lipinski definition) is 2. The molecule has 0 N–H and O–H groups in total. The minimum atomic E-state index is -0.239. The standard InChI is InChI=1S/C19H24FN3O/c1-15-4-2-10-22(13-15)19(24)5-3-11-23-14-17(12-21-23)16-6-8-18(20)9-7-16/h6-9,12,14-15H,2-5,10-11,13H2,1H3. The summed E-state index contributed by atoms with van der Waals surface area (Å²) in [4.78, 5) is 14.3. The van der Waals surface area contributed by atoms with E-state index in [1.165, 1.54) is 18.6 Å². The molecule has 4 nitrogen and oxygen atoms in total. The van der Waals surface area contributed by atoms with Crippen LogP contribution in [0.25, 0.3) is 11.1 Å². The Morgan fingerprint density at radius 1 is 1.29 bits per heavy atom. The molecular weight excluding hydrogens is 305 g/mol. The van der Waals surface area contributed by atoms with Crippen molar-refractivity contribution in [1.29, 1.82) is 0 Å². The van der Waals surface area contributed by atoms with E-state index in [2.05, 4.69) is 12.0 Å². The predicted molar refractivity (Wildman–Crippen MR) is 91.8 cm³/mol. The number of rotatable bonds is 5. The van der Waals surface area contributed by atoms with Crippen LogP contribution in [0.1, 0.15) is 32.6 Å². The summed E-state index contributed by atoms with van der Waals surface area (Å²) in [6, 6.07) is 6.39. The van der Waals surface area contributed by atoms with Crippen molar-refractivity contribution in [2.75, 3.05) is 13.1 Å². The van der Waals surface area contributed by atoms with Crippen molar-refractivity contribution < 1.29 is 9.18 Å². The first-order valence-corrected chi connectivity index (χ1v) is 8.68. The number of aryl methyl sites for hydroxylation is 1. The maximum atomic E-state index is 13.0. The number of halogens is 1. The van der Waals surface area contributed by atoms with E-state index in [1.54, 1.807) is 18.3 Å². The molecule has 1 fully saturated rings. The van der Waals surface area contributed by atoms with Gasteiger partial charge in [0.05, 0.1) is 6.20 Å². The first-order valence-electron chi connectivity index (χ1n) is 8.68. The predicted octanol–water partition coefficient (Wildman–Crippen LogP) is 3.73. The van der Waals surface area contributed by atoms with Crippen LogP contribution >= 0.6 is 0 Å². The number of carbonyl (C=O) groups is 1. The van der Waals surface area contributed by atoms with Crippen LogP contribution in [0.5, 0.6) is 0 Å². The molecule has 1 unspecified atom stereocenters. The summed E-state index contributed by atoms with van der Waals surface area (Å²) < 4.78 is 14.8. The summed E-state index contributed by atoms with van der Waals surface area (Å²) in [5, 5.41) is 4.33. The minimum absolute atomic E-state index is 0.239. The van der Waals surface area contributed by atoms with Crippen molar-refractivity contribution in [3.05, 3.63) is 42.5 Å². The van der Waals surface area contributed by atoms with Crippen molar-refractivity contribution in [1.82, 2.24) is 14.7 Å². The Morgan fingerprint density at radius 2 is 2.08 bits per heavy atom. The van der Waals surface area contributed by atoms with Crippen LogP contribution in [0.2, 0.25) is 0 Å². The van der Waals surface area contributed by atoms with E-state index >= 15 is 0 Å². The maximum Gasteiger partial charge on any atom is 0.222 e. The second-order valence-electron chi connectivity index (χ2n) is 6.69. The third-order valence-electron chi connectivity index (χ3n) is 4.60. The fraction of sp³-hybridized carbons (Fsp3) is 0.474. The van der Waals surface area contributed by atoms with Gasteiger partial charge in [-0.1, -0.05) is 19.1 Å². The fourth-order valence-corrected chi connectivity index (χ4v) is 3.24. The molecule has 5 heteroatoms. The molecule has 1 atom stereocenters. The quantitative estimate of drug-likeness (QED) is 0.838. The second kappa shape index (κ2) is 7.60. The SMILES string of the molecule is CC1CCCN(C(=O)CCCn2cc(-c3ccc(F)cc3)cn2)C1. The highest BCUT2D eigenvalue weighted by molar-refractivity contribution is 5.76. The van der Waals surface area contributed by atoms with Gasteiger partial charge in [-0.3, -0.25) is 9.48 Å². The largest absolute Gasteiger partial charge is 0.342 e. The lowest BCUT2D eigenvalue weighted by Crippen LogP contribution is -2.39. The van der Waals surface area contributed by atoms with Gasteiger partial charge in [-0.15, -0.1) is 0 Å². The summed E-state index contributed by atoms with van der Waals surface area (Å²) in [5.74, 6) is 0.635. The molecule has 1 aromatic heterocycles. The van der Waals surface area contributed by atoms with Crippen LogP contribution in [0, 0.1) is 11.7 Å². The zero-order valence-corrected chi connectivity index (χ0v) is 14.1. The van der Waals surface area contributed by atoms with Gasteiger partial charge < -0.3 is 4.90 Å². The Kier molecular flexibility index (Phi) is 5.28. The van der Waals surface area contributed by atoms with Crippen LogP contribution in [-0.2, 0) is 11.3 Å². The molecule has 3 rings (SSSR count). The lowest BCUT2D eigenvalue weighted by Gasteiger charge is -2.31. The number of likely N-dealkylation sites (tertiary alicyclic amines) is 1. The van der Waals surface area contributed by atoms with Crippen LogP contribution in [0.15, 0.2) is 36.7 Å². The van der Waals surface area contributed by atoms with Gasteiger partial charge in [0, 0.05) is 37.8 Å². The molecule has 1 aliphatic heterocycles. The van der Waals surface area contributed by atoms with Crippen molar-refractivity contribution >= 4 is 5.91 Å². The van der Waals surface area contributed by atoms with Gasteiger partial charge in [0.25, 0.3) is 0 Å². The molecule has 1 aliphatic rings. The van der Waals surface area contributed by atoms with Gasteiger partial charge in [-0.25, -0.2) is 4.39 Å². The molecule has 0 aliphatic carbocycles. The van der Waals surface area contributed by atoms with Crippen LogP contribution in [0.3, 0.4) is 0 Å². The molecule has 0 spiro atoms. The van der Waals surface area contributed by atoms with Crippen molar-refractivity contribution in [2.45, 2.75) is 39.2 Å². The highest BCUT2D eigenvalue weighted by Gasteiger charge is 2.20. The van der Waals surface area contributed by atoms with Gasteiger partial charge in [-0.2, -0.15) is 5.10 Å². The van der Waals surface area contributed by atoms with Gasteiger partial charge in [0.1, 0.15) is 5.82 Å². The Morgan fingerprint density at radius 3 is 2.83 bits per heavy atom. The average molecular weight is 329 g/mol. The van der Waals surface area contributed by atoms with Crippen molar-refractivity contribution in [3.8, 4) is 11.1 Å². The Balaban J connectivity index is 1.49. The van der Waals surface area contributed by atoms with Crippen LogP contribution in [0.4, 0.5) is 4.39 Å². The third kappa shape index (κ3) is 4.22. The number of amides is 1. The van der Waals surface area contributed by atoms with E-state index in [-0.39, 0.29) is 11.7 Å². The Labute approximate surface area is 142 Å². The lowest BCUT2D eigenvalue weighted by atomic mass is 10.00. The van der Waals surface area contributed by atoms with E-state index < -0.39 is 0 Å². The number of benzene rings is 1. The van der Waals surface area contributed by atoms with E-state index in [0.717, 1.165) is 43.6 Å². The first-order chi connectivity index (χ1) is 11.6. The van der Waals surface area contributed by atoms with E-state index in [9.17, 15) is 9.18 Å². The normalized spacial score (nSPS) is 17.9. The number of aromatic nitrogens is 2. The summed E-state index contributed by atoms with van der Waals surface area (Å²) in [7, 11) is 0. The Hall–Kier alpha value is -2.17. The van der Waals surface area contributed by atoms with E-state index in [1.807, 2.05) is 15.8 Å². The van der Waals surface area contributed by atoms with Gasteiger partial charge in [-0.05, 0) is 42.9 Å². The van der Waals surface area contributed by atoms with Gasteiger partial charge in [0.2, 0.25) is 5.91 Å². The summed E-state index contributed by atoms with van der Waals surface area (Å²) in [6.07, 6.45) is 7.42. The third-order valence-corrected chi connectivity index (χ3v) is 4.60. The minimum Gasteiger partial charge on any atom is -0.342 e. The topological polar surface area (TPSA) is 38.1 Å². The first kappa shape index (κ1) is 16.7. The molecule has 1 amide bonds. The number of piperidine rings is 1. The second-order valence-corrected chi connectivity index (χ2v) is 6.69. The Bertz CT molecular complexity index is 680. The molecule has 1 aromatic carbocycles. The molecule has 2 aromatic rings. The molecule has 0 radical (unpaired) electrons. The van der Waals surface area contributed by atoms with Crippen molar-refractivity contribution in [2.24, 2.45) is 5.92 Å². The maximum absolute atomic E-state index is 13.0. The van der Waals surface area contributed by atoms with E-state index in [4.69, 9.17) is 0 Å². The average Bonchev–Trinajstić information content (AvgIpc) is 3.04. The molecule has 1 saturated heterocycles. The van der Waals surface area contributed by atoms with Gasteiger partial charge in [0.15, 0.2) is 0 Å². The molecule has 2 heterocycles. The molecule has 128 valence electrons. The number of hydrogen-bond donors (Lipinski definition) is 0. The summed E-state index contributed by atoms with van der Waals surface area (Å²) >= 11 is 0. The molecule has 0 bridgehead atoms. The number of carbonyl (C=O) groups excluding carboxylic acids is 1. The molecule has 0 saturated carbocycles. The zero-order valence-electron chi connectivity index (χ0n) is 14.1. The molecular formula is C19H24FN3O. The lowest BCUT2D eigenvalue weighted by molar-refractivity contribution is -0.133. The van der Waals surface area contributed by atoms with Crippen LogP contribution in [-0.4, -0.2) is 33.7 Å². The molecule has 24 heavy (non-hydrogen) atoms.